The molecule has 0 fully saturated rings. The van der Waals surface area contributed by atoms with Crippen molar-refractivity contribution < 1.29 is 9.59 Å². The van der Waals surface area contributed by atoms with Crippen LogP contribution in [0.1, 0.15) is 45.9 Å². The maximum atomic E-state index is 12.3. The molecule has 0 aliphatic rings. The van der Waals surface area contributed by atoms with Crippen LogP contribution in [-0.2, 0) is 4.79 Å². The molecule has 138 valence electrons. The molecule has 2 aromatic carbocycles. The predicted molar refractivity (Wildman–Crippen MR) is 105 cm³/mol. The maximum absolute atomic E-state index is 12.3. The Kier molecular flexibility index (Phi) is 7.10. The van der Waals surface area contributed by atoms with E-state index in [1.54, 1.807) is 0 Å². The molecule has 4 nitrogen and oxygen atoms in total. The Balaban J connectivity index is 1.86. The number of hydrogen-bond donors (Lipinski definition) is 1. The number of carbonyl (C=O) groups is 2. The van der Waals surface area contributed by atoms with Crippen LogP contribution in [0, 0.1) is 13.8 Å². The minimum atomic E-state index is -0.0926. The van der Waals surface area contributed by atoms with Crippen molar-refractivity contribution >= 4 is 11.7 Å². The minimum absolute atomic E-state index is 0.00969. The Labute approximate surface area is 156 Å². The summed E-state index contributed by atoms with van der Waals surface area (Å²) in [6.07, 6.45) is 0.437. The summed E-state index contributed by atoms with van der Waals surface area (Å²) in [7, 11) is 3.99. The predicted octanol–water partition coefficient (Wildman–Crippen LogP) is 3.69. The second kappa shape index (κ2) is 9.30. The van der Waals surface area contributed by atoms with Crippen LogP contribution in [0.25, 0.3) is 0 Å². The smallest absolute Gasteiger partial charge is 0.220 e. The van der Waals surface area contributed by atoms with Gasteiger partial charge < -0.3 is 10.2 Å². The Morgan fingerprint density at radius 3 is 2.27 bits per heavy atom. The summed E-state index contributed by atoms with van der Waals surface area (Å²) in [5, 5.41) is 2.96. The highest BCUT2D eigenvalue weighted by atomic mass is 16.2. The summed E-state index contributed by atoms with van der Waals surface area (Å²) in [6.45, 7) is 4.53. The van der Waals surface area contributed by atoms with E-state index in [0.717, 1.165) is 16.7 Å². The average Bonchev–Trinajstić information content (AvgIpc) is 2.62. The second-order valence-corrected chi connectivity index (χ2v) is 6.92. The lowest BCUT2D eigenvalue weighted by atomic mass is 10.0. The first kappa shape index (κ1) is 19.9. The molecular formula is C22H28N2O2. The average molecular weight is 352 g/mol. The summed E-state index contributed by atoms with van der Waals surface area (Å²) >= 11 is 0. The van der Waals surface area contributed by atoms with Gasteiger partial charge in [-0.25, -0.2) is 0 Å². The molecule has 1 N–H and O–H groups in total. The van der Waals surface area contributed by atoms with Crippen LogP contribution in [0.4, 0.5) is 0 Å². The number of hydrogen-bond acceptors (Lipinski definition) is 3. The first-order valence-corrected chi connectivity index (χ1v) is 8.97. The van der Waals surface area contributed by atoms with Gasteiger partial charge in [0.2, 0.25) is 5.91 Å². The number of rotatable bonds is 8. The zero-order valence-corrected chi connectivity index (χ0v) is 16.1. The molecular weight excluding hydrogens is 324 g/mol. The van der Waals surface area contributed by atoms with E-state index >= 15 is 0 Å². The molecule has 26 heavy (non-hydrogen) atoms. The SMILES string of the molecule is Cc1ccc(C(=O)CCC(=O)NCC(c2ccccc2)N(C)C)cc1C. The van der Waals surface area contributed by atoms with Gasteiger partial charge in [0, 0.05) is 24.9 Å². The highest BCUT2D eigenvalue weighted by Crippen LogP contribution is 2.17. The van der Waals surface area contributed by atoms with Crippen molar-refractivity contribution in [3.63, 3.8) is 0 Å². The quantitative estimate of drug-likeness (QED) is 0.737. The monoisotopic (exact) mass is 352 g/mol. The first-order valence-electron chi connectivity index (χ1n) is 8.97. The van der Waals surface area contributed by atoms with Gasteiger partial charge in [-0.05, 0) is 50.7 Å². The van der Waals surface area contributed by atoms with Crippen LogP contribution >= 0.6 is 0 Å². The van der Waals surface area contributed by atoms with E-state index in [1.807, 2.05) is 64.3 Å². The van der Waals surface area contributed by atoms with Crippen molar-refractivity contribution in [3.05, 3.63) is 70.8 Å². The van der Waals surface area contributed by atoms with Gasteiger partial charge >= 0.3 is 0 Å². The van der Waals surface area contributed by atoms with Crippen LogP contribution in [0.2, 0.25) is 0 Å². The number of likely N-dealkylation sites (N-methyl/N-ethyl adjacent to an activating group) is 1. The number of Topliss-reactive ketones (excluding diaryl/α,β-unsaturated/α-hetero) is 1. The van der Waals surface area contributed by atoms with Crippen LogP contribution < -0.4 is 5.32 Å². The van der Waals surface area contributed by atoms with Crippen molar-refractivity contribution in [1.29, 1.82) is 0 Å². The highest BCUT2D eigenvalue weighted by molar-refractivity contribution is 5.98. The molecule has 1 unspecified atom stereocenters. The lowest BCUT2D eigenvalue weighted by Gasteiger charge is -2.25. The molecule has 1 amide bonds. The number of nitrogens with zero attached hydrogens (tertiary/aromatic N) is 1. The van der Waals surface area contributed by atoms with E-state index in [1.165, 1.54) is 0 Å². The summed E-state index contributed by atoms with van der Waals surface area (Å²) in [6, 6.07) is 15.9. The number of ketones is 1. The lowest BCUT2D eigenvalue weighted by Crippen LogP contribution is -2.34. The van der Waals surface area contributed by atoms with Gasteiger partial charge in [-0.15, -0.1) is 0 Å². The third-order valence-corrected chi connectivity index (χ3v) is 4.71. The van der Waals surface area contributed by atoms with Gasteiger partial charge in [0.1, 0.15) is 0 Å². The van der Waals surface area contributed by atoms with Crippen molar-refractivity contribution in [2.45, 2.75) is 32.7 Å². The molecule has 2 rings (SSSR count). The molecule has 0 bridgehead atoms. The van der Waals surface area contributed by atoms with E-state index < -0.39 is 0 Å². The maximum Gasteiger partial charge on any atom is 0.220 e. The van der Waals surface area contributed by atoms with Crippen LogP contribution in [0.3, 0.4) is 0 Å². The number of amides is 1. The highest BCUT2D eigenvalue weighted by Gasteiger charge is 2.16. The first-order chi connectivity index (χ1) is 12.4. The fourth-order valence-corrected chi connectivity index (χ4v) is 2.86. The molecule has 1 atom stereocenters. The van der Waals surface area contributed by atoms with Gasteiger partial charge in [0.05, 0.1) is 6.04 Å². The number of nitrogens with one attached hydrogen (secondary N) is 1. The topological polar surface area (TPSA) is 49.4 Å². The van der Waals surface area contributed by atoms with Crippen LogP contribution in [0.15, 0.2) is 48.5 Å². The van der Waals surface area contributed by atoms with Gasteiger partial charge in [-0.1, -0.05) is 42.5 Å². The molecule has 0 spiro atoms. The fourth-order valence-electron chi connectivity index (χ4n) is 2.86. The normalized spacial score (nSPS) is 12.0. The van der Waals surface area contributed by atoms with Gasteiger partial charge in [-0.3, -0.25) is 9.59 Å². The van der Waals surface area contributed by atoms with Crippen molar-refractivity contribution in [1.82, 2.24) is 10.2 Å². The molecule has 0 aromatic heterocycles. The summed E-state index contributed by atoms with van der Waals surface area (Å²) in [4.78, 5) is 26.5. The molecule has 4 heteroatoms. The van der Waals surface area contributed by atoms with E-state index in [-0.39, 0.29) is 30.6 Å². The summed E-state index contributed by atoms with van der Waals surface area (Å²) in [5.74, 6) is -0.0829. The Hall–Kier alpha value is -2.46. The largest absolute Gasteiger partial charge is 0.354 e. The van der Waals surface area contributed by atoms with E-state index in [2.05, 4.69) is 22.3 Å². The molecule has 0 saturated heterocycles. The Bertz CT molecular complexity index is 754. The van der Waals surface area contributed by atoms with E-state index in [9.17, 15) is 9.59 Å². The van der Waals surface area contributed by atoms with E-state index in [0.29, 0.717) is 12.1 Å². The fraction of sp³-hybridized carbons (Fsp3) is 0.364. The third kappa shape index (κ3) is 5.53. The molecule has 2 aromatic rings. The number of benzene rings is 2. The molecule has 0 aliphatic carbocycles. The number of carbonyl (C=O) groups excluding carboxylic acids is 2. The van der Waals surface area contributed by atoms with Gasteiger partial charge in [-0.2, -0.15) is 0 Å². The second-order valence-electron chi connectivity index (χ2n) is 6.92. The molecule has 0 saturated carbocycles. The van der Waals surface area contributed by atoms with Crippen LogP contribution in [0.5, 0.6) is 0 Å². The summed E-state index contributed by atoms with van der Waals surface area (Å²) < 4.78 is 0. The molecule has 0 radical (unpaired) electrons. The zero-order chi connectivity index (χ0) is 19.1. The molecule has 0 aliphatic heterocycles. The Morgan fingerprint density at radius 2 is 1.65 bits per heavy atom. The van der Waals surface area contributed by atoms with E-state index in [4.69, 9.17) is 0 Å². The van der Waals surface area contributed by atoms with Crippen molar-refractivity contribution in [2.75, 3.05) is 20.6 Å². The molecule has 0 heterocycles. The standard InChI is InChI=1S/C22H28N2O2/c1-16-10-11-19(14-17(16)2)21(25)12-13-22(26)23-15-20(24(3)4)18-8-6-5-7-9-18/h5-11,14,20H,12-13,15H2,1-4H3,(H,23,26). The minimum Gasteiger partial charge on any atom is -0.354 e. The van der Waals surface area contributed by atoms with Gasteiger partial charge in [0.25, 0.3) is 0 Å². The van der Waals surface area contributed by atoms with Crippen molar-refractivity contribution in [2.24, 2.45) is 0 Å². The number of aryl methyl sites for hydroxylation is 2. The zero-order valence-electron chi connectivity index (χ0n) is 16.1. The Morgan fingerprint density at radius 1 is 0.962 bits per heavy atom. The van der Waals surface area contributed by atoms with Crippen molar-refractivity contribution in [3.8, 4) is 0 Å². The lowest BCUT2D eigenvalue weighted by molar-refractivity contribution is -0.121. The van der Waals surface area contributed by atoms with Crippen LogP contribution in [-0.4, -0.2) is 37.2 Å². The summed E-state index contributed by atoms with van der Waals surface area (Å²) in [5.41, 5.74) is 4.09. The third-order valence-electron chi connectivity index (χ3n) is 4.71. The van der Waals surface area contributed by atoms with Gasteiger partial charge in [0.15, 0.2) is 5.78 Å².